The van der Waals surface area contributed by atoms with Gasteiger partial charge in [-0.15, -0.1) is 24.0 Å². The van der Waals surface area contributed by atoms with Crippen molar-refractivity contribution in [3.63, 3.8) is 0 Å². The Hall–Kier alpha value is -4.53. The van der Waals surface area contributed by atoms with Gasteiger partial charge in [0, 0.05) is 67.8 Å². The van der Waals surface area contributed by atoms with Gasteiger partial charge in [0.1, 0.15) is 17.6 Å². The summed E-state index contributed by atoms with van der Waals surface area (Å²) in [5.41, 5.74) is 10.1. The number of carbonyl (C=O) groups excluding carboxylic acids is 3. The smallest absolute Gasteiger partial charge is 0.377 e. The van der Waals surface area contributed by atoms with E-state index in [2.05, 4.69) is 24.9 Å². The minimum atomic E-state index is -1.41. The van der Waals surface area contributed by atoms with Crippen LogP contribution < -0.4 is 30.3 Å². The Kier molecular flexibility index (Phi) is 20.0. The van der Waals surface area contributed by atoms with E-state index in [1.54, 1.807) is 48.5 Å². The number of carboxylic acids is 1. The fourth-order valence-corrected chi connectivity index (χ4v) is 9.39. The molecule has 6 aliphatic rings. The number of likely N-dealkylation sites (tertiary alicyclic amines) is 2. The van der Waals surface area contributed by atoms with E-state index in [1.165, 1.54) is 32.1 Å². The van der Waals surface area contributed by atoms with Crippen molar-refractivity contribution in [3.05, 3.63) is 117 Å². The second-order valence-corrected chi connectivity index (χ2v) is 20.2. The molecule has 2 saturated carbocycles. The van der Waals surface area contributed by atoms with Crippen LogP contribution >= 0.6 is 47.2 Å². The number of Topliss-reactive ketones (excluding diaryl/α,β-unsaturated/α-hetero) is 2. The van der Waals surface area contributed by atoms with Crippen LogP contribution in [0.15, 0.2) is 84.9 Å². The zero-order valence-corrected chi connectivity index (χ0v) is 44.4. The minimum absolute atomic E-state index is 0. The topological polar surface area (TPSA) is 198 Å². The molecule has 6 fully saturated rings. The molecule has 0 radical (unpaired) electrons. The van der Waals surface area contributed by atoms with Crippen LogP contribution in [0, 0.1) is 0 Å². The van der Waals surface area contributed by atoms with E-state index in [0.717, 1.165) is 108 Å². The van der Waals surface area contributed by atoms with Gasteiger partial charge in [-0.05, 0) is 174 Å². The number of carbonyl (C=O) groups is 4. The number of aliphatic hydroxyl groups excluding tert-OH is 2. The fraction of sp³-hybridized carbons (Fsp3) is 0.481. The molecule has 4 saturated heterocycles. The summed E-state index contributed by atoms with van der Waals surface area (Å²) in [5, 5.41) is 33.8. The lowest BCUT2D eigenvalue weighted by Crippen LogP contribution is -2.52. The van der Waals surface area contributed by atoms with Gasteiger partial charge in [-0.3, -0.25) is 14.4 Å². The van der Waals surface area contributed by atoms with E-state index in [-0.39, 0.29) is 41.7 Å². The van der Waals surface area contributed by atoms with Crippen LogP contribution in [0.2, 0.25) is 10.0 Å². The van der Waals surface area contributed by atoms with Gasteiger partial charge in [-0.2, -0.15) is 0 Å². The molecule has 4 heterocycles. The summed E-state index contributed by atoms with van der Waals surface area (Å²) >= 11 is 12.6. The second-order valence-electron chi connectivity index (χ2n) is 19.4. The summed E-state index contributed by atoms with van der Waals surface area (Å²) in [6.07, 6.45) is 10.1. The van der Waals surface area contributed by atoms with Gasteiger partial charge in [0.25, 0.3) is 11.7 Å². The highest BCUT2D eigenvalue weighted by Crippen LogP contribution is 2.36. The quantitative estimate of drug-likeness (QED) is 0.0348. The van der Waals surface area contributed by atoms with Crippen molar-refractivity contribution in [2.45, 2.75) is 101 Å². The van der Waals surface area contributed by atoms with Crippen molar-refractivity contribution in [3.8, 4) is 11.5 Å². The van der Waals surface area contributed by atoms with E-state index in [9.17, 15) is 29.4 Å². The van der Waals surface area contributed by atoms with E-state index in [1.807, 2.05) is 36.4 Å². The van der Waals surface area contributed by atoms with Crippen molar-refractivity contribution >= 4 is 82.0 Å². The molecule has 6 N–H and O–H groups in total. The molecule has 4 atom stereocenters. The van der Waals surface area contributed by atoms with Crippen molar-refractivity contribution in [1.29, 1.82) is 0 Å². The molecule has 0 bridgehead atoms. The number of ether oxygens (including phenoxy) is 2. The average molecular weight is 1140 g/mol. The Labute approximate surface area is 448 Å². The number of nitrogens with zero attached hydrogens (tertiary/aromatic N) is 4. The van der Waals surface area contributed by atoms with Crippen molar-refractivity contribution < 1.29 is 44.0 Å². The Balaban J connectivity index is 0.000000174. The van der Waals surface area contributed by atoms with Gasteiger partial charge in [0.05, 0.1) is 34.4 Å². The molecule has 4 aromatic carbocycles. The number of rotatable bonds is 19. The predicted octanol–water partition coefficient (Wildman–Crippen LogP) is 7.71. The number of nitrogens with one attached hydrogen (secondary N) is 1. The van der Waals surface area contributed by atoms with Crippen LogP contribution in [0.25, 0.3) is 0 Å². The largest absolute Gasteiger partial charge is 0.489 e. The van der Waals surface area contributed by atoms with Gasteiger partial charge in [0.15, 0.2) is 0 Å². The third-order valence-electron chi connectivity index (χ3n) is 13.8. The summed E-state index contributed by atoms with van der Waals surface area (Å²) in [5.74, 6) is -2.29. The first-order valence-electron chi connectivity index (χ1n) is 25.1. The lowest BCUT2D eigenvalue weighted by molar-refractivity contribution is -0.131. The van der Waals surface area contributed by atoms with Gasteiger partial charge in [-0.25, -0.2) is 4.79 Å². The maximum Gasteiger partial charge on any atom is 0.377 e. The number of nitrogens with two attached hydrogens (primary N) is 1. The predicted molar refractivity (Wildman–Crippen MR) is 290 cm³/mol. The Morgan fingerprint density at radius 1 is 0.583 bits per heavy atom. The van der Waals surface area contributed by atoms with Crippen molar-refractivity contribution in [1.82, 2.24) is 15.1 Å². The minimum Gasteiger partial charge on any atom is -0.489 e. The van der Waals surface area contributed by atoms with Crippen LogP contribution in [0.4, 0.5) is 11.4 Å². The standard InChI is InChI=1S/C27H32ClN3O4.C15H21ClN2O2.C12H13NO3.HI/c28-22-16-19(6-11-24(22)35-21-9-10-21)25(32)23(17-30-12-3-13-30)29-27(34)26(33)18-4-7-20(8-5-18)31-14-1-2-15-31;16-12-8-10(2-5-14(12)20-11-3-4-11)15(19)13(17)9-18-6-1-7-18;14-11(12(15)16)9-3-5-10(6-4-9)13-7-1-2-8-13;/h4-8,11,16,21,23,25,32H,1-3,9-10,12-15,17H2,(H,29,34);2,5,8,11,13,15,19H,1,3-4,6-7,9,17H2;3-6H,1-2,7-8H2,(H,15,16);1H/t23-,25-;13-,15-;;/m11../s1. The first kappa shape index (κ1) is 55.2. The van der Waals surface area contributed by atoms with Crippen LogP contribution in [-0.2, 0) is 9.59 Å². The number of carboxylic acid groups (broad SMARTS) is 1. The Morgan fingerprint density at radius 3 is 1.39 bits per heavy atom. The highest BCUT2D eigenvalue weighted by Gasteiger charge is 2.32. The molecular weight excluding hydrogens is 1070 g/mol. The summed E-state index contributed by atoms with van der Waals surface area (Å²) in [6, 6.07) is 23.7. The van der Waals surface area contributed by atoms with Crippen LogP contribution in [0.5, 0.6) is 11.5 Å². The lowest BCUT2D eigenvalue weighted by Gasteiger charge is -2.36. The van der Waals surface area contributed by atoms with Crippen molar-refractivity contribution in [2.75, 3.05) is 75.2 Å². The summed E-state index contributed by atoms with van der Waals surface area (Å²) in [7, 11) is 0. The zero-order valence-electron chi connectivity index (χ0n) is 40.5. The molecular formula is C54H67Cl2IN6O9. The number of hydrogen-bond donors (Lipinski definition) is 5. The molecule has 4 aliphatic heterocycles. The van der Waals surface area contributed by atoms with Gasteiger partial charge < -0.3 is 55.4 Å². The molecule has 72 heavy (non-hydrogen) atoms. The molecule has 10 rings (SSSR count). The van der Waals surface area contributed by atoms with Crippen LogP contribution in [-0.4, -0.2) is 138 Å². The molecule has 18 heteroatoms. The molecule has 1 amide bonds. The number of anilines is 2. The number of benzene rings is 4. The number of aliphatic hydroxyl groups is 2. The molecule has 2 aliphatic carbocycles. The molecule has 0 unspecified atom stereocenters. The lowest BCUT2D eigenvalue weighted by atomic mass is 9.99. The van der Waals surface area contributed by atoms with Gasteiger partial charge in [0.2, 0.25) is 5.78 Å². The number of aliphatic carboxylic acids is 1. The van der Waals surface area contributed by atoms with Gasteiger partial charge >= 0.3 is 5.97 Å². The second kappa shape index (κ2) is 26.1. The monoisotopic (exact) mass is 1140 g/mol. The Bertz CT molecular complexity index is 2460. The number of amides is 1. The molecule has 15 nitrogen and oxygen atoms in total. The number of hydrogen-bond acceptors (Lipinski definition) is 13. The SMILES string of the molecule is I.N[C@H](CN1CCC1)[C@H](O)c1ccc(OC2CC2)c(Cl)c1.O=C(N[C@H](CN1CCC1)[C@H](O)c1ccc(OC2CC2)c(Cl)c1)C(=O)c1ccc(N2CCCC2)cc1.O=C(O)C(=O)c1ccc(N2CCCC2)cc1. The Morgan fingerprint density at radius 2 is 1.00 bits per heavy atom. The molecule has 0 spiro atoms. The third-order valence-corrected chi connectivity index (χ3v) is 14.3. The molecule has 388 valence electrons. The highest BCUT2D eigenvalue weighted by atomic mass is 127. The number of halogens is 3. The summed E-state index contributed by atoms with van der Waals surface area (Å²) < 4.78 is 11.5. The van der Waals surface area contributed by atoms with Crippen LogP contribution in [0.3, 0.4) is 0 Å². The third kappa shape index (κ3) is 15.3. The van der Waals surface area contributed by atoms with Crippen molar-refractivity contribution in [2.24, 2.45) is 5.73 Å². The summed E-state index contributed by atoms with van der Waals surface area (Å²) in [4.78, 5) is 56.4. The molecule has 0 aromatic heterocycles. The normalized spacial score (nSPS) is 19.1. The van der Waals surface area contributed by atoms with E-state index in [4.69, 9.17) is 43.5 Å². The van der Waals surface area contributed by atoms with Crippen LogP contribution in [0.1, 0.15) is 108 Å². The maximum absolute atomic E-state index is 12.9. The highest BCUT2D eigenvalue weighted by molar-refractivity contribution is 14.0. The average Bonchev–Trinajstić information content (AvgIpc) is 4.23. The number of ketones is 2. The van der Waals surface area contributed by atoms with E-state index >= 15 is 0 Å². The van der Waals surface area contributed by atoms with E-state index < -0.39 is 41.7 Å². The first-order chi connectivity index (χ1) is 34.3. The zero-order chi connectivity index (χ0) is 50.0. The fourth-order valence-electron chi connectivity index (χ4n) is 8.92. The summed E-state index contributed by atoms with van der Waals surface area (Å²) in [6.45, 7) is 9.23. The van der Waals surface area contributed by atoms with Gasteiger partial charge in [-0.1, -0.05) is 35.3 Å². The van der Waals surface area contributed by atoms with E-state index in [0.29, 0.717) is 45.3 Å². The maximum atomic E-state index is 12.9. The molecule has 4 aromatic rings. The first-order valence-corrected chi connectivity index (χ1v) is 25.9.